The zero-order valence-corrected chi connectivity index (χ0v) is 20.5. The molecular weight excluding hydrogens is 468 g/mol. The number of aromatic nitrogens is 2. The lowest BCUT2D eigenvalue weighted by Crippen LogP contribution is -2.41. The van der Waals surface area contributed by atoms with Crippen LogP contribution in [0, 0.1) is 5.92 Å². The smallest absolute Gasteiger partial charge is 0.330 e. The average Bonchev–Trinajstić information content (AvgIpc) is 3.64. The van der Waals surface area contributed by atoms with E-state index in [4.69, 9.17) is 22.1 Å². The molecular formula is C26H29ClN4O4. The molecule has 0 radical (unpaired) electrons. The molecule has 1 aliphatic carbocycles. The number of carbonyl (C=O) groups is 1. The van der Waals surface area contributed by atoms with E-state index in [1.165, 1.54) is 9.47 Å². The van der Waals surface area contributed by atoms with Crippen molar-refractivity contribution in [1.82, 2.24) is 9.55 Å². The van der Waals surface area contributed by atoms with Crippen LogP contribution in [-0.2, 0) is 17.9 Å². The molecule has 2 atom stereocenters. The summed E-state index contributed by atoms with van der Waals surface area (Å²) in [5.41, 5.74) is 6.68. The Morgan fingerprint density at radius 3 is 2.63 bits per heavy atom. The number of aromatic amines is 1. The Labute approximate surface area is 208 Å². The van der Waals surface area contributed by atoms with Crippen molar-refractivity contribution in [2.45, 2.75) is 45.2 Å². The van der Waals surface area contributed by atoms with Gasteiger partial charge in [-0.05, 0) is 36.5 Å². The van der Waals surface area contributed by atoms with Gasteiger partial charge in [0.15, 0.2) is 5.69 Å². The molecule has 1 aliphatic rings. The molecule has 1 amide bonds. The topological polar surface area (TPSA) is 110 Å². The first-order valence-electron chi connectivity index (χ1n) is 11.7. The molecule has 0 saturated heterocycles. The van der Waals surface area contributed by atoms with Crippen molar-refractivity contribution >= 4 is 29.0 Å². The third-order valence-corrected chi connectivity index (χ3v) is 6.76. The molecule has 4 rings (SSSR count). The maximum absolute atomic E-state index is 13.9. The second kappa shape index (κ2) is 10.4. The number of halogens is 1. The van der Waals surface area contributed by atoms with Crippen LogP contribution in [0.15, 0.2) is 58.1 Å². The highest BCUT2D eigenvalue weighted by atomic mass is 35.5. The molecule has 1 saturated carbocycles. The van der Waals surface area contributed by atoms with Crippen molar-refractivity contribution in [2.24, 2.45) is 5.92 Å². The van der Waals surface area contributed by atoms with Crippen LogP contribution in [0.25, 0.3) is 0 Å². The fourth-order valence-corrected chi connectivity index (χ4v) is 4.71. The van der Waals surface area contributed by atoms with Crippen LogP contribution in [-0.4, -0.2) is 22.6 Å². The van der Waals surface area contributed by atoms with E-state index in [0.29, 0.717) is 35.7 Å². The van der Waals surface area contributed by atoms with Crippen molar-refractivity contribution < 1.29 is 9.53 Å². The first-order chi connectivity index (χ1) is 16.9. The number of rotatable bonds is 9. The van der Waals surface area contributed by atoms with Crippen LogP contribution >= 0.6 is 11.6 Å². The van der Waals surface area contributed by atoms with E-state index in [-0.39, 0.29) is 35.8 Å². The van der Waals surface area contributed by atoms with Crippen molar-refractivity contribution in [3.63, 3.8) is 0 Å². The zero-order valence-electron chi connectivity index (χ0n) is 19.8. The van der Waals surface area contributed by atoms with Gasteiger partial charge in [0.25, 0.3) is 5.56 Å². The maximum Gasteiger partial charge on any atom is 0.330 e. The Balaban J connectivity index is 1.78. The molecule has 0 spiro atoms. The van der Waals surface area contributed by atoms with Crippen LogP contribution in [0.5, 0.6) is 5.75 Å². The third-order valence-electron chi connectivity index (χ3n) is 6.42. The number of methoxy groups -OCH3 is 1. The molecule has 1 heterocycles. The lowest BCUT2D eigenvalue weighted by atomic mass is 10.1. The standard InChI is InChI=1S/C26H29ClN4O4/c1-3-4-13-30-23(28)22(24(32)29-26(30)34)31(15-16-9-5-8-12-21(16)35-2)25(33)19-14-18(19)17-10-6-7-11-20(17)27/h5-12,18-19H,3-4,13-15,28H2,1-2H3,(H,29,32,34). The number of nitrogen functional groups attached to an aromatic ring is 1. The van der Waals surface area contributed by atoms with Gasteiger partial charge in [-0.25, -0.2) is 4.79 Å². The minimum absolute atomic E-state index is 0.0228. The number of nitrogens with zero attached hydrogens (tertiary/aromatic N) is 2. The van der Waals surface area contributed by atoms with Crippen LogP contribution < -0.4 is 26.6 Å². The quantitative estimate of drug-likeness (QED) is 0.466. The molecule has 3 aromatic rings. The molecule has 2 unspecified atom stereocenters. The van der Waals surface area contributed by atoms with Gasteiger partial charge in [-0.3, -0.25) is 24.0 Å². The van der Waals surface area contributed by atoms with E-state index in [1.54, 1.807) is 19.2 Å². The molecule has 1 aromatic heterocycles. The second-order valence-electron chi connectivity index (χ2n) is 8.70. The van der Waals surface area contributed by atoms with Gasteiger partial charge in [0.2, 0.25) is 5.91 Å². The Bertz CT molecular complexity index is 1350. The van der Waals surface area contributed by atoms with Crippen molar-refractivity contribution in [2.75, 3.05) is 17.7 Å². The second-order valence-corrected chi connectivity index (χ2v) is 9.11. The van der Waals surface area contributed by atoms with E-state index in [2.05, 4.69) is 4.98 Å². The fraction of sp³-hybridized carbons (Fsp3) is 0.346. The highest BCUT2D eigenvalue weighted by molar-refractivity contribution is 6.31. The largest absolute Gasteiger partial charge is 0.496 e. The van der Waals surface area contributed by atoms with Crippen LogP contribution in [0.3, 0.4) is 0 Å². The molecule has 35 heavy (non-hydrogen) atoms. The number of nitrogens with two attached hydrogens (primary N) is 1. The Kier molecular flexibility index (Phi) is 7.31. The van der Waals surface area contributed by atoms with E-state index < -0.39 is 11.2 Å². The summed E-state index contributed by atoms with van der Waals surface area (Å²) < 4.78 is 6.79. The van der Waals surface area contributed by atoms with E-state index >= 15 is 0 Å². The number of H-pyrrole nitrogens is 1. The Hall–Kier alpha value is -3.52. The SMILES string of the molecule is CCCCn1c(N)c(N(Cc2ccccc2OC)C(=O)C2CC2c2ccccc2Cl)c(=O)[nH]c1=O. The number of para-hydroxylation sites is 1. The molecule has 8 nitrogen and oxygen atoms in total. The summed E-state index contributed by atoms with van der Waals surface area (Å²) >= 11 is 6.38. The molecule has 2 aromatic carbocycles. The number of unbranched alkanes of at least 4 members (excludes halogenated alkanes) is 1. The van der Waals surface area contributed by atoms with E-state index in [0.717, 1.165) is 12.0 Å². The first-order valence-corrected chi connectivity index (χ1v) is 12.0. The predicted octanol–water partition coefficient (Wildman–Crippen LogP) is 3.92. The number of benzene rings is 2. The minimum Gasteiger partial charge on any atom is -0.496 e. The van der Waals surface area contributed by atoms with Gasteiger partial charge in [0, 0.05) is 23.0 Å². The molecule has 9 heteroatoms. The minimum atomic E-state index is -0.696. The number of amides is 1. The summed E-state index contributed by atoms with van der Waals surface area (Å²) in [4.78, 5) is 43.1. The van der Waals surface area contributed by atoms with Gasteiger partial charge in [0.1, 0.15) is 11.6 Å². The lowest BCUT2D eigenvalue weighted by molar-refractivity contribution is -0.120. The number of carbonyl (C=O) groups excluding carboxylic acids is 1. The molecule has 1 fully saturated rings. The normalized spacial score (nSPS) is 16.7. The summed E-state index contributed by atoms with van der Waals surface area (Å²) in [7, 11) is 1.55. The number of ether oxygens (including phenoxy) is 1. The monoisotopic (exact) mass is 496 g/mol. The predicted molar refractivity (Wildman–Crippen MR) is 137 cm³/mol. The summed E-state index contributed by atoms with van der Waals surface area (Å²) in [6.07, 6.45) is 2.15. The maximum atomic E-state index is 13.9. The first kappa shape index (κ1) is 24.6. The van der Waals surface area contributed by atoms with Crippen molar-refractivity contribution in [3.8, 4) is 5.75 Å². The zero-order chi connectivity index (χ0) is 25.1. The Morgan fingerprint density at radius 2 is 1.91 bits per heavy atom. The summed E-state index contributed by atoms with van der Waals surface area (Å²) in [5, 5.41) is 0.606. The number of hydrogen-bond acceptors (Lipinski definition) is 5. The third kappa shape index (κ3) is 4.98. The highest BCUT2D eigenvalue weighted by Gasteiger charge is 2.47. The van der Waals surface area contributed by atoms with Gasteiger partial charge < -0.3 is 10.5 Å². The van der Waals surface area contributed by atoms with Gasteiger partial charge in [-0.2, -0.15) is 0 Å². The van der Waals surface area contributed by atoms with Gasteiger partial charge in [-0.15, -0.1) is 0 Å². The van der Waals surface area contributed by atoms with Crippen LogP contribution in [0.1, 0.15) is 43.2 Å². The summed E-state index contributed by atoms with van der Waals surface area (Å²) in [6, 6.07) is 14.7. The molecule has 0 bridgehead atoms. The van der Waals surface area contributed by atoms with Gasteiger partial charge >= 0.3 is 5.69 Å². The lowest BCUT2D eigenvalue weighted by Gasteiger charge is -2.25. The van der Waals surface area contributed by atoms with Gasteiger partial charge in [-0.1, -0.05) is 61.3 Å². The number of anilines is 2. The molecule has 184 valence electrons. The van der Waals surface area contributed by atoms with Gasteiger partial charge in [0.05, 0.1) is 13.7 Å². The molecule has 3 N–H and O–H groups in total. The van der Waals surface area contributed by atoms with Crippen LogP contribution in [0.2, 0.25) is 5.02 Å². The fourth-order valence-electron chi connectivity index (χ4n) is 4.44. The van der Waals surface area contributed by atoms with Crippen molar-refractivity contribution in [1.29, 1.82) is 0 Å². The average molecular weight is 497 g/mol. The highest BCUT2D eigenvalue weighted by Crippen LogP contribution is 2.51. The summed E-state index contributed by atoms with van der Waals surface area (Å²) in [5.74, 6) is -0.107. The number of nitrogens with one attached hydrogen (secondary N) is 1. The number of hydrogen-bond donors (Lipinski definition) is 2. The summed E-state index contributed by atoms with van der Waals surface area (Å²) in [6.45, 7) is 2.40. The van der Waals surface area contributed by atoms with Crippen LogP contribution in [0.4, 0.5) is 11.5 Å². The van der Waals surface area contributed by atoms with Crippen molar-refractivity contribution in [3.05, 3.63) is 85.5 Å². The van der Waals surface area contributed by atoms with E-state index in [9.17, 15) is 14.4 Å². The Morgan fingerprint density at radius 1 is 1.20 bits per heavy atom. The molecule has 0 aliphatic heterocycles. The van der Waals surface area contributed by atoms with E-state index in [1.807, 2.05) is 43.3 Å².